The number of amides is 1. The van der Waals surface area contributed by atoms with Crippen molar-refractivity contribution in [2.45, 2.75) is 6.42 Å². The average Bonchev–Trinajstić information content (AvgIpc) is 2.47. The van der Waals surface area contributed by atoms with Crippen LogP contribution in [0.2, 0.25) is 0 Å². The number of nitrogens with two attached hydrogens (primary N) is 1. The fourth-order valence-electron chi connectivity index (χ4n) is 2.19. The molecule has 2 aromatic carbocycles. The molecule has 0 spiro atoms. The fourth-order valence-corrected chi connectivity index (χ4v) is 2.19. The van der Waals surface area contributed by atoms with Crippen LogP contribution in [0.4, 0.5) is 11.4 Å². The van der Waals surface area contributed by atoms with Gasteiger partial charge in [0.2, 0.25) is 0 Å². The third kappa shape index (κ3) is 3.99. The number of rotatable bonds is 5. The largest absolute Gasteiger partial charge is 0.399 e. The van der Waals surface area contributed by atoms with E-state index in [1.165, 1.54) is 5.56 Å². The van der Waals surface area contributed by atoms with Crippen molar-refractivity contribution in [1.29, 1.82) is 0 Å². The molecule has 0 atom stereocenters. The molecular weight excluding hydrogens is 262 g/mol. The van der Waals surface area contributed by atoms with Crippen molar-refractivity contribution in [3.63, 3.8) is 0 Å². The van der Waals surface area contributed by atoms with Crippen molar-refractivity contribution < 1.29 is 4.79 Å². The average molecular weight is 283 g/mol. The van der Waals surface area contributed by atoms with E-state index in [0.29, 0.717) is 17.8 Å². The van der Waals surface area contributed by atoms with Crippen LogP contribution in [0, 0.1) is 0 Å². The van der Waals surface area contributed by atoms with Gasteiger partial charge in [-0.05, 0) is 30.2 Å². The quantitative estimate of drug-likeness (QED) is 0.828. The highest BCUT2D eigenvalue weighted by Gasteiger charge is 2.12. The predicted octanol–water partition coefficient (Wildman–Crippen LogP) is 2.31. The third-order valence-corrected chi connectivity index (χ3v) is 3.29. The van der Waals surface area contributed by atoms with E-state index in [1.807, 2.05) is 43.3 Å². The zero-order valence-corrected chi connectivity index (χ0v) is 12.5. The highest BCUT2D eigenvalue weighted by atomic mass is 16.1. The van der Waals surface area contributed by atoms with Gasteiger partial charge in [0.1, 0.15) is 0 Å². The number of hydrogen-bond acceptors (Lipinski definition) is 3. The summed E-state index contributed by atoms with van der Waals surface area (Å²) in [5.74, 6) is -0.0954. The molecule has 0 aliphatic rings. The van der Waals surface area contributed by atoms with Crippen molar-refractivity contribution in [3.8, 4) is 0 Å². The molecule has 0 aliphatic carbocycles. The number of anilines is 2. The third-order valence-electron chi connectivity index (χ3n) is 3.29. The number of nitrogens with one attached hydrogen (secondary N) is 1. The zero-order valence-electron chi connectivity index (χ0n) is 12.5. The molecule has 4 nitrogen and oxygen atoms in total. The van der Waals surface area contributed by atoms with Crippen molar-refractivity contribution in [2.24, 2.45) is 0 Å². The summed E-state index contributed by atoms with van der Waals surface area (Å²) >= 11 is 0. The summed E-state index contributed by atoms with van der Waals surface area (Å²) in [6.07, 6.45) is 0.812. The van der Waals surface area contributed by atoms with Gasteiger partial charge in [-0.2, -0.15) is 0 Å². The van der Waals surface area contributed by atoms with Gasteiger partial charge in [-0.3, -0.25) is 4.79 Å². The minimum Gasteiger partial charge on any atom is -0.399 e. The minimum absolute atomic E-state index is 0.0954. The van der Waals surface area contributed by atoms with E-state index in [1.54, 1.807) is 12.1 Å². The number of nitrogen functional groups attached to an aromatic ring is 1. The molecule has 1 amide bonds. The van der Waals surface area contributed by atoms with E-state index >= 15 is 0 Å². The molecule has 3 N–H and O–H groups in total. The van der Waals surface area contributed by atoms with Gasteiger partial charge in [-0.25, -0.2) is 0 Å². The first kappa shape index (κ1) is 14.9. The van der Waals surface area contributed by atoms with Crippen LogP contribution in [-0.2, 0) is 6.42 Å². The summed E-state index contributed by atoms with van der Waals surface area (Å²) in [4.78, 5) is 14.2. The van der Waals surface area contributed by atoms with Gasteiger partial charge in [0.25, 0.3) is 5.91 Å². The van der Waals surface area contributed by atoms with E-state index in [-0.39, 0.29) is 5.91 Å². The van der Waals surface area contributed by atoms with Crippen LogP contribution in [0.15, 0.2) is 48.5 Å². The number of carbonyl (C=O) groups excluding carboxylic acids is 1. The highest BCUT2D eigenvalue weighted by molar-refractivity contribution is 6.00. The van der Waals surface area contributed by atoms with Gasteiger partial charge < -0.3 is 16.0 Å². The lowest BCUT2D eigenvalue weighted by Gasteiger charge is -2.17. The summed E-state index contributed by atoms with van der Waals surface area (Å²) < 4.78 is 0. The van der Waals surface area contributed by atoms with Crippen LogP contribution in [0.5, 0.6) is 0 Å². The van der Waals surface area contributed by atoms with E-state index in [0.717, 1.165) is 12.1 Å². The molecule has 2 rings (SSSR count). The normalized spacial score (nSPS) is 10.2. The summed E-state index contributed by atoms with van der Waals surface area (Å²) in [6.45, 7) is 0.602. The minimum atomic E-state index is -0.0954. The molecule has 0 aromatic heterocycles. The Morgan fingerprint density at radius 1 is 1.14 bits per heavy atom. The number of nitrogens with zero attached hydrogens (tertiary/aromatic N) is 1. The Hall–Kier alpha value is -2.49. The number of carbonyl (C=O) groups is 1. The van der Waals surface area contributed by atoms with Crippen molar-refractivity contribution >= 4 is 17.3 Å². The summed E-state index contributed by atoms with van der Waals surface area (Å²) in [5.41, 5.74) is 9.05. The Kier molecular flexibility index (Phi) is 4.82. The van der Waals surface area contributed by atoms with Crippen molar-refractivity contribution in [2.75, 3.05) is 31.3 Å². The van der Waals surface area contributed by atoms with Gasteiger partial charge in [-0.15, -0.1) is 0 Å². The predicted molar refractivity (Wildman–Crippen MR) is 87.7 cm³/mol. The van der Waals surface area contributed by atoms with Gasteiger partial charge in [0.15, 0.2) is 0 Å². The Morgan fingerprint density at radius 3 is 2.52 bits per heavy atom. The lowest BCUT2D eigenvalue weighted by Crippen LogP contribution is -2.27. The van der Waals surface area contributed by atoms with Gasteiger partial charge >= 0.3 is 0 Å². The van der Waals surface area contributed by atoms with Gasteiger partial charge in [0.05, 0.1) is 5.56 Å². The molecule has 0 radical (unpaired) electrons. The second-order valence-electron chi connectivity index (χ2n) is 5.16. The van der Waals surface area contributed by atoms with Crippen LogP contribution in [0.1, 0.15) is 15.9 Å². The maximum Gasteiger partial charge on any atom is 0.253 e. The van der Waals surface area contributed by atoms with Crippen molar-refractivity contribution in [1.82, 2.24) is 5.32 Å². The monoisotopic (exact) mass is 283 g/mol. The molecule has 4 heteroatoms. The summed E-state index contributed by atoms with van der Waals surface area (Å²) in [7, 11) is 3.82. The molecule has 0 unspecified atom stereocenters. The van der Waals surface area contributed by atoms with Crippen molar-refractivity contribution in [3.05, 3.63) is 59.7 Å². The zero-order chi connectivity index (χ0) is 15.2. The van der Waals surface area contributed by atoms with E-state index in [9.17, 15) is 4.79 Å². The fraction of sp³-hybridized carbons (Fsp3) is 0.235. The molecule has 0 saturated carbocycles. The van der Waals surface area contributed by atoms with Crippen LogP contribution in [0.3, 0.4) is 0 Å². The molecule has 0 saturated heterocycles. The van der Waals surface area contributed by atoms with E-state index in [4.69, 9.17) is 5.73 Å². The topological polar surface area (TPSA) is 58.4 Å². The second-order valence-corrected chi connectivity index (χ2v) is 5.16. The first-order chi connectivity index (χ1) is 10.1. The van der Waals surface area contributed by atoms with Crippen LogP contribution in [0.25, 0.3) is 0 Å². The lowest BCUT2D eigenvalue weighted by molar-refractivity contribution is 0.0954. The second kappa shape index (κ2) is 6.79. The Labute approximate surface area is 125 Å². The Bertz CT molecular complexity index is 609. The van der Waals surface area contributed by atoms with Crippen LogP contribution < -0.4 is 16.0 Å². The smallest absolute Gasteiger partial charge is 0.253 e. The molecule has 21 heavy (non-hydrogen) atoms. The van der Waals surface area contributed by atoms with Crippen LogP contribution in [-0.4, -0.2) is 26.5 Å². The molecule has 0 bridgehead atoms. The van der Waals surface area contributed by atoms with E-state index < -0.39 is 0 Å². The Morgan fingerprint density at radius 2 is 1.86 bits per heavy atom. The molecule has 0 aliphatic heterocycles. The molecule has 0 heterocycles. The summed E-state index contributed by atoms with van der Waals surface area (Å²) in [6, 6.07) is 15.5. The first-order valence-corrected chi connectivity index (χ1v) is 6.97. The summed E-state index contributed by atoms with van der Waals surface area (Å²) in [5, 5.41) is 2.95. The molecule has 2 aromatic rings. The van der Waals surface area contributed by atoms with Gasteiger partial charge in [-0.1, -0.05) is 30.3 Å². The molecule has 110 valence electrons. The molecule has 0 fully saturated rings. The first-order valence-electron chi connectivity index (χ1n) is 6.97. The van der Waals surface area contributed by atoms with Crippen LogP contribution >= 0.6 is 0 Å². The Balaban J connectivity index is 2.02. The molecular formula is C17H21N3O. The van der Waals surface area contributed by atoms with Gasteiger partial charge in [0, 0.05) is 32.0 Å². The SMILES string of the molecule is CN(C)c1ccc(N)cc1C(=O)NCCc1ccccc1. The lowest BCUT2D eigenvalue weighted by atomic mass is 10.1. The maximum absolute atomic E-state index is 12.3. The number of hydrogen-bond donors (Lipinski definition) is 2. The number of benzene rings is 2. The van der Waals surface area contributed by atoms with E-state index in [2.05, 4.69) is 17.4 Å². The standard InChI is InChI=1S/C17H21N3O/c1-20(2)16-9-8-14(18)12-15(16)17(21)19-11-10-13-6-4-3-5-7-13/h3-9,12H,10-11,18H2,1-2H3,(H,19,21). The maximum atomic E-state index is 12.3. The highest BCUT2D eigenvalue weighted by Crippen LogP contribution is 2.21.